The predicted octanol–water partition coefficient (Wildman–Crippen LogP) is 5.24. The van der Waals surface area contributed by atoms with E-state index < -0.39 is 5.50 Å². The third-order valence-corrected chi connectivity index (χ3v) is 7.09. The molecule has 152 valence electrons. The van der Waals surface area contributed by atoms with Crippen molar-refractivity contribution in [2.24, 2.45) is 17.8 Å². The molecule has 1 aliphatic carbocycles. The van der Waals surface area contributed by atoms with E-state index in [1.165, 1.54) is 12.8 Å². The molecule has 2 fully saturated rings. The van der Waals surface area contributed by atoms with E-state index in [9.17, 15) is 0 Å². The molecule has 5 heteroatoms. The van der Waals surface area contributed by atoms with Crippen molar-refractivity contribution >= 4 is 7.12 Å². The van der Waals surface area contributed by atoms with E-state index in [1.807, 2.05) is 0 Å². The van der Waals surface area contributed by atoms with Gasteiger partial charge in [-0.05, 0) is 71.6 Å². The third kappa shape index (κ3) is 4.66. The highest BCUT2D eigenvalue weighted by atomic mass is 16.7. The Bertz CT molecular complexity index is 449. The van der Waals surface area contributed by atoms with E-state index in [2.05, 4.69) is 62.3 Å². The SMILES string of the molecule is CCC(C)(OCO[C@@H]1C[C@H](C)CCC1C(C)C)B1OC(C)(C)C(C)(C)O1. The minimum Gasteiger partial charge on any atom is -0.401 e. The summed E-state index contributed by atoms with van der Waals surface area (Å²) in [6, 6.07) is 0. The summed E-state index contributed by atoms with van der Waals surface area (Å²) in [4.78, 5) is 0. The van der Waals surface area contributed by atoms with E-state index in [0.717, 1.165) is 18.8 Å². The summed E-state index contributed by atoms with van der Waals surface area (Å²) in [7, 11) is -0.382. The Morgan fingerprint density at radius 2 is 1.69 bits per heavy atom. The zero-order valence-corrected chi connectivity index (χ0v) is 18.6. The summed E-state index contributed by atoms with van der Waals surface area (Å²) in [6.45, 7) is 19.7. The molecule has 0 aromatic rings. The minimum absolute atomic E-state index is 0.290. The van der Waals surface area contributed by atoms with Crippen LogP contribution in [0.3, 0.4) is 0 Å². The Labute approximate surface area is 161 Å². The van der Waals surface area contributed by atoms with Gasteiger partial charge in [-0.1, -0.05) is 34.1 Å². The lowest BCUT2D eigenvalue weighted by molar-refractivity contribution is -0.162. The maximum absolute atomic E-state index is 6.26. The Morgan fingerprint density at radius 1 is 1.12 bits per heavy atom. The van der Waals surface area contributed by atoms with Gasteiger partial charge in [0.1, 0.15) is 12.3 Å². The first kappa shape index (κ1) is 22.2. The second-order valence-electron chi connectivity index (χ2n) is 10.0. The highest BCUT2D eigenvalue weighted by Gasteiger charge is 2.58. The maximum atomic E-state index is 6.26. The summed E-state index contributed by atoms with van der Waals surface area (Å²) >= 11 is 0. The second-order valence-corrected chi connectivity index (χ2v) is 10.0. The van der Waals surface area contributed by atoms with Crippen LogP contribution in [0.5, 0.6) is 0 Å². The van der Waals surface area contributed by atoms with Gasteiger partial charge in [-0.25, -0.2) is 0 Å². The molecular formula is C21H41BO4. The Hall–Kier alpha value is -0.0951. The Balaban J connectivity index is 1.95. The lowest BCUT2D eigenvalue weighted by Crippen LogP contribution is -2.48. The molecule has 0 N–H and O–H groups in total. The molecule has 0 aromatic heterocycles. The van der Waals surface area contributed by atoms with Gasteiger partial charge >= 0.3 is 7.12 Å². The fraction of sp³-hybridized carbons (Fsp3) is 1.00. The average Bonchev–Trinajstić information content (AvgIpc) is 2.75. The van der Waals surface area contributed by atoms with Crippen molar-refractivity contribution in [3.05, 3.63) is 0 Å². The topological polar surface area (TPSA) is 36.9 Å². The van der Waals surface area contributed by atoms with Crippen molar-refractivity contribution in [1.29, 1.82) is 0 Å². The fourth-order valence-corrected chi connectivity index (χ4v) is 3.99. The number of hydrogen-bond acceptors (Lipinski definition) is 4. The molecule has 0 radical (unpaired) electrons. The van der Waals surface area contributed by atoms with Crippen molar-refractivity contribution in [2.45, 2.75) is 111 Å². The van der Waals surface area contributed by atoms with Crippen molar-refractivity contribution in [2.75, 3.05) is 6.79 Å². The molecule has 0 amide bonds. The quantitative estimate of drug-likeness (QED) is 0.455. The minimum atomic E-state index is -0.515. The Kier molecular flexibility index (Phi) is 6.92. The fourth-order valence-electron chi connectivity index (χ4n) is 3.99. The van der Waals surface area contributed by atoms with Crippen molar-refractivity contribution in [3.8, 4) is 0 Å². The summed E-state index contributed by atoms with van der Waals surface area (Å²) in [5, 5.41) is 0. The molecule has 26 heavy (non-hydrogen) atoms. The molecule has 4 nitrogen and oxygen atoms in total. The Morgan fingerprint density at radius 3 is 2.19 bits per heavy atom. The standard InChI is InChI=1S/C21H41BO4/c1-10-21(9,22-25-19(5,6)20(7,8)26-22)24-14-23-18-13-16(4)11-12-17(18)15(2)3/h15-18H,10-14H2,1-9H3/t16-,17?,18-,21?/m1/s1. The molecule has 0 spiro atoms. The van der Waals surface area contributed by atoms with E-state index in [4.69, 9.17) is 18.8 Å². The van der Waals surface area contributed by atoms with E-state index >= 15 is 0 Å². The molecule has 1 aliphatic heterocycles. The molecule has 1 saturated carbocycles. The van der Waals surface area contributed by atoms with Gasteiger partial charge in [0.25, 0.3) is 0 Å². The van der Waals surface area contributed by atoms with Gasteiger partial charge < -0.3 is 18.8 Å². The molecule has 0 bridgehead atoms. The molecule has 2 unspecified atom stereocenters. The molecule has 2 aliphatic rings. The van der Waals surface area contributed by atoms with Crippen LogP contribution in [0, 0.1) is 17.8 Å². The van der Waals surface area contributed by atoms with Gasteiger partial charge in [-0.2, -0.15) is 0 Å². The van der Waals surface area contributed by atoms with Crippen LogP contribution in [0.2, 0.25) is 0 Å². The van der Waals surface area contributed by atoms with Gasteiger partial charge in [0.2, 0.25) is 0 Å². The van der Waals surface area contributed by atoms with Crippen LogP contribution in [-0.4, -0.2) is 36.7 Å². The van der Waals surface area contributed by atoms with Gasteiger partial charge in [-0.15, -0.1) is 0 Å². The average molecular weight is 368 g/mol. The summed E-state index contributed by atoms with van der Waals surface area (Å²) in [5.41, 5.74) is -1.21. The zero-order chi connectivity index (χ0) is 19.8. The molecule has 2 rings (SSSR count). The lowest BCUT2D eigenvalue weighted by Gasteiger charge is -2.38. The second kappa shape index (κ2) is 8.10. The summed E-state index contributed by atoms with van der Waals surface area (Å²) in [6.07, 6.45) is 4.79. The molecule has 1 saturated heterocycles. The molecule has 1 heterocycles. The van der Waals surface area contributed by atoms with Crippen molar-refractivity contribution < 1.29 is 18.8 Å². The monoisotopic (exact) mass is 368 g/mol. The number of hydrogen-bond donors (Lipinski definition) is 0. The predicted molar refractivity (Wildman–Crippen MR) is 107 cm³/mol. The summed E-state index contributed by atoms with van der Waals surface area (Å²) < 4.78 is 25.0. The van der Waals surface area contributed by atoms with Gasteiger partial charge in [-0.3, -0.25) is 0 Å². The van der Waals surface area contributed by atoms with Crippen LogP contribution in [0.1, 0.15) is 88.0 Å². The summed E-state index contributed by atoms with van der Waals surface area (Å²) in [5.74, 6) is 2.00. The normalized spacial score (nSPS) is 33.5. The van der Waals surface area contributed by atoms with E-state index in [1.54, 1.807) is 0 Å². The first-order valence-electron chi connectivity index (χ1n) is 10.5. The smallest absolute Gasteiger partial charge is 0.401 e. The van der Waals surface area contributed by atoms with Crippen LogP contribution in [0.4, 0.5) is 0 Å². The van der Waals surface area contributed by atoms with E-state index in [0.29, 0.717) is 18.6 Å². The van der Waals surface area contributed by atoms with Crippen molar-refractivity contribution in [3.63, 3.8) is 0 Å². The largest absolute Gasteiger partial charge is 0.492 e. The van der Waals surface area contributed by atoms with Crippen LogP contribution in [0.15, 0.2) is 0 Å². The van der Waals surface area contributed by atoms with E-state index in [-0.39, 0.29) is 24.4 Å². The first-order chi connectivity index (χ1) is 11.9. The highest BCUT2D eigenvalue weighted by Crippen LogP contribution is 2.41. The lowest BCUT2D eigenvalue weighted by atomic mass is 9.66. The highest BCUT2D eigenvalue weighted by molar-refractivity contribution is 6.49. The zero-order valence-electron chi connectivity index (χ0n) is 18.6. The molecule has 4 atom stereocenters. The number of rotatable bonds is 7. The molecule has 0 aromatic carbocycles. The van der Waals surface area contributed by atoms with Crippen LogP contribution < -0.4 is 0 Å². The third-order valence-electron chi connectivity index (χ3n) is 7.09. The van der Waals surface area contributed by atoms with Crippen LogP contribution in [0.25, 0.3) is 0 Å². The maximum Gasteiger partial charge on any atom is 0.492 e. The first-order valence-corrected chi connectivity index (χ1v) is 10.5. The van der Waals surface area contributed by atoms with Gasteiger partial charge in [0.15, 0.2) is 0 Å². The van der Waals surface area contributed by atoms with Gasteiger partial charge in [0.05, 0.1) is 17.3 Å². The van der Waals surface area contributed by atoms with Crippen LogP contribution >= 0.6 is 0 Å². The van der Waals surface area contributed by atoms with Gasteiger partial charge in [0, 0.05) is 0 Å². The van der Waals surface area contributed by atoms with Crippen molar-refractivity contribution in [1.82, 2.24) is 0 Å². The molecular weight excluding hydrogens is 327 g/mol. The number of ether oxygens (including phenoxy) is 2. The van der Waals surface area contributed by atoms with Crippen LogP contribution in [-0.2, 0) is 18.8 Å².